The number of hydrogen-bond donors (Lipinski definition) is 2. The van der Waals surface area contributed by atoms with Gasteiger partial charge < -0.3 is 21.2 Å². The first-order valence-corrected chi connectivity index (χ1v) is 11.8. The number of carbonyl (C=O) groups excluding carboxylic acids is 2. The average molecular weight is 565 g/mol. The maximum atomic E-state index is 13.3. The molecule has 9 heteroatoms. The molecule has 0 aromatic heterocycles. The third kappa shape index (κ3) is 6.98. The van der Waals surface area contributed by atoms with Gasteiger partial charge in [0.25, 0.3) is 0 Å². The zero-order valence-corrected chi connectivity index (χ0v) is 21.9. The van der Waals surface area contributed by atoms with Crippen molar-refractivity contribution in [1.82, 2.24) is 0 Å². The predicted octanol–water partition coefficient (Wildman–Crippen LogP) is 4.19. The quantitative estimate of drug-likeness (QED) is 0.0923. The van der Waals surface area contributed by atoms with Gasteiger partial charge in [-0.15, -0.1) is 0 Å². The molecule has 0 saturated heterocycles. The van der Waals surface area contributed by atoms with Crippen LogP contribution in [0.4, 0.5) is 0 Å². The Hall–Kier alpha value is -4.73. The van der Waals surface area contributed by atoms with E-state index in [0.29, 0.717) is 44.9 Å². The van der Waals surface area contributed by atoms with E-state index < -0.39 is 0 Å². The Kier molecular flexibility index (Phi) is 10.5. The average Bonchev–Trinajstić information content (AvgIpc) is 2.96. The second kappa shape index (κ2) is 14.3. The molecule has 199 valence electrons. The molecule has 8 nitrogen and oxygen atoms in total. The van der Waals surface area contributed by atoms with Gasteiger partial charge in [0.15, 0.2) is 11.6 Å². The van der Waals surface area contributed by atoms with E-state index in [1.165, 1.54) is 12.4 Å². The number of ketones is 2. The summed E-state index contributed by atoms with van der Waals surface area (Å²) in [5.41, 5.74) is 2.76. The van der Waals surface area contributed by atoms with Crippen LogP contribution in [0.3, 0.4) is 0 Å². The van der Waals surface area contributed by atoms with Gasteiger partial charge in [-0.25, -0.2) is 0 Å². The van der Waals surface area contributed by atoms with E-state index in [2.05, 4.69) is 10.2 Å². The molecular weight excluding hydrogens is 539 g/mol. The van der Waals surface area contributed by atoms with Crippen LogP contribution in [0.5, 0.6) is 11.5 Å². The predicted molar refractivity (Wildman–Crippen MR) is 147 cm³/mol. The Bertz CT molecular complexity index is 1360. The molecule has 0 heterocycles. The van der Waals surface area contributed by atoms with Crippen molar-refractivity contribution >= 4 is 24.0 Å². The van der Waals surface area contributed by atoms with Crippen LogP contribution in [-0.4, -0.2) is 37.2 Å². The second-order valence-corrected chi connectivity index (χ2v) is 8.08. The Morgan fingerprint density at radius 1 is 0.590 bits per heavy atom. The van der Waals surface area contributed by atoms with Gasteiger partial charge in [0.2, 0.25) is 0 Å². The Morgan fingerprint density at radius 3 is 1.33 bits per heavy atom. The van der Waals surface area contributed by atoms with Crippen LogP contribution in [0.1, 0.15) is 43.0 Å². The summed E-state index contributed by atoms with van der Waals surface area (Å²) in [7, 11) is 0. The van der Waals surface area contributed by atoms with Crippen molar-refractivity contribution in [3.8, 4) is 11.5 Å². The molecule has 0 aliphatic carbocycles. The van der Waals surface area contributed by atoms with Crippen LogP contribution in [0.15, 0.2) is 107 Å². The number of ether oxygens (including phenoxy) is 2. The fourth-order valence-electron chi connectivity index (χ4n) is 3.97. The zero-order valence-electron chi connectivity index (χ0n) is 20.8. The van der Waals surface area contributed by atoms with E-state index in [1.807, 2.05) is 12.1 Å². The van der Waals surface area contributed by atoms with Crippen molar-refractivity contribution in [3.05, 3.63) is 130 Å². The SMILES string of the molecule is NN=Cc1cccc(OCCOc2cccc(C=NN)c2C(=O)c2ccccc2)c1C(=O)c1ccccc1.[Co]. The molecule has 0 bridgehead atoms. The van der Waals surface area contributed by atoms with Crippen molar-refractivity contribution in [2.75, 3.05) is 13.2 Å². The smallest absolute Gasteiger partial charge is 0.197 e. The van der Waals surface area contributed by atoms with Gasteiger partial charge in [0.1, 0.15) is 24.7 Å². The molecule has 4 aromatic rings. The number of benzene rings is 4. The molecular formula is C30H26CoN4O4. The molecule has 0 saturated carbocycles. The summed E-state index contributed by atoms with van der Waals surface area (Å²) < 4.78 is 11.9. The first kappa shape index (κ1) is 28.8. The summed E-state index contributed by atoms with van der Waals surface area (Å²) in [6, 6.07) is 28.1. The Labute approximate surface area is 236 Å². The summed E-state index contributed by atoms with van der Waals surface area (Å²) in [5.74, 6) is 11.0. The van der Waals surface area contributed by atoms with E-state index in [4.69, 9.17) is 21.2 Å². The topological polar surface area (TPSA) is 129 Å². The van der Waals surface area contributed by atoms with Gasteiger partial charge in [-0.3, -0.25) is 9.59 Å². The summed E-state index contributed by atoms with van der Waals surface area (Å²) in [6.45, 7) is 0.207. The molecule has 4 rings (SSSR count). The summed E-state index contributed by atoms with van der Waals surface area (Å²) in [5, 5.41) is 7.17. The van der Waals surface area contributed by atoms with Gasteiger partial charge in [-0.1, -0.05) is 84.9 Å². The summed E-state index contributed by atoms with van der Waals surface area (Å²) >= 11 is 0. The van der Waals surface area contributed by atoms with Crippen LogP contribution in [0, 0.1) is 0 Å². The minimum absolute atomic E-state index is 0. The minimum Gasteiger partial charge on any atom is -0.489 e. The first-order valence-electron chi connectivity index (χ1n) is 11.8. The minimum atomic E-state index is -0.221. The van der Waals surface area contributed by atoms with Gasteiger partial charge >= 0.3 is 0 Å². The van der Waals surface area contributed by atoms with Gasteiger partial charge in [0.05, 0.1) is 23.6 Å². The first-order chi connectivity index (χ1) is 18.6. The van der Waals surface area contributed by atoms with Crippen LogP contribution >= 0.6 is 0 Å². The van der Waals surface area contributed by atoms with Gasteiger partial charge in [-0.05, 0) is 12.1 Å². The largest absolute Gasteiger partial charge is 0.489 e. The standard InChI is InChI=1S/C30H26N4O4.Co/c31-33-19-23-13-7-15-25(27(23)29(35)21-9-3-1-4-10-21)37-17-18-38-26-16-8-14-24(20-34-32)28(26)30(36)22-11-5-2-6-12-22;/h1-16,19-20H,17-18,31-32H2;. The van der Waals surface area contributed by atoms with Crippen LogP contribution in [0.2, 0.25) is 0 Å². The number of rotatable bonds is 11. The molecule has 0 atom stereocenters. The van der Waals surface area contributed by atoms with Crippen molar-refractivity contribution < 1.29 is 35.8 Å². The molecule has 4 aromatic carbocycles. The van der Waals surface area contributed by atoms with E-state index in [1.54, 1.807) is 84.9 Å². The van der Waals surface area contributed by atoms with Gasteiger partial charge in [-0.2, -0.15) is 10.2 Å². The maximum absolute atomic E-state index is 13.3. The molecule has 0 unspecified atom stereocenters. The summed E-state index contributed by atoms with van der Waals surface area (Å²) in [4.78, 5) is 26.6. The third-order valence-electron chi connectivity index (χ3n) is 5.67. The van der Waals surface area contributed by atoms with Crippen molar-refractivity contribution in [3.63, 3.8) is 0 Å². The molecule has 0 aliphatic rings. The second-order valence-electron chi connectivity index (χ2n) is 8.08. The Morgan fingerprint density at radius 2 is 0.974 bits per heavy atom. The number of nitrogens with two attached hydrogens (primary N) is 2. The maximum Gasteiger partial charge on any atom is 0.197 e. The number of hydrazone groups is 2. The number of nitrogens with zero attached hydrogens (tertiary/aromatic N) is 2. The number of hydrogen-bond acceptors (Lipinski definition) is 8. The van der Waals surface area contributed by atoms with Crippen LogP contribution in [0.25, 0.3) is 0 Å². The normalized spacial score (nSPS) is 10.8. The zero-order chi connectivity index (χ0) is 26.7. The molecule has 0 spiro atoms. The fraction of sp³-hybridized carbons (Fsp3) is 0.0667. The molecule has 0 amide bonds. The van der Waals surface area contributed by atoms with Crippen LogP contribution < -0.4 is 21.2 Å². The van der Waals surface area contributed by atoms with E-state index >= 15 is 0 Å². The van der Waals surface area contributed by atoms with E-state index in [9.17, 15) is 9.59 Å². The molecule has 39 heavy (non-hydrogen) atoms. The van der Waals surface area contributed by atoms with E-state index in [0.717, 1.165) is 0 Å². The monoisotopic (exact) mass is 565 g/mol. The third-order valence-corrected chi connectivity index (χ3v) is 5.67. The van der Waals surface area contributed by atoms with Crippen molar-refractivity contribution in [1.29, 1.82) is 0 Å². The molecule has 4 N–H and O–H groups in total. The summed E-state index contributed by atoms with van der Waals surface area (Å²) in [6.07, 6.45) is 2.82. The van der Waals surface area contributed by atoms with Gasteiger partial charge in [0, 0.05) is 39.0 Å². The van der Waals surface area contributed by atoms with Crippen LogP contribution in [-0.2, 0) is 16.8 Å². The van der Waals surface area contributed by atoms with Crippen molar-refractivity contribution in [2.24, 2.45) is 21.9 Å². The number of carbonyl (C=O) groups is 2. The molecule has 0 aliphatic heterocycles. The molecule has 0 fully saturated rings. The van der Waals surface area contributed by atoms with Crippen molar-refractivity contribution in [2.45, 2.75) is 0 Å². The fourth-order valence-corrected chi connectivity index (χ4v) is 3.97. The molecule has 1 radical (unpaired) electrons. The van der Waals surface area contributed by atoms with E-state index in [-0.39, 0.29) is 41.6 Å². The Balaban J connectivity index is 0.00000420.